The number of rotatable bonds is 13. The zero-order valence-corrected chi connectivity index (χ0v) is 30.0. The van der Waals surface area contributed by atoms with E-state index >= 15 is 8.78 Å². The average Bonchev–Trinajstić information content (AvgIpc) is 3.96. The smallest absolute Gasteiger partial charge is 0.407 e. The molecule has 3 aromatic carbocycles. The molecule has 52 heavy (non-hydrogen) atoms. The molecule has 1 aliphatic carbocycles. The number of unbranched alkanes of at least 4 members (excludes halogenated alkanes) is 3. The van der Waals surface area contributed by atoms with Crippen molar-refractivity contribution in [2.24, 2.45) is 10.9 Å². The Morgan fingerprint density at radius 1 is 0.962 bits per heavy atom. The number of ether oxygens (including phenoxy) is 1. The van der Waals surface area contributed by atoms with Crippen LogP contribution < -0.4 is 21.3 Å². The molecule has 3 atom stereocenters. The van der Waals surface area contributed by atoms with Gasteiger partial charge in [0.2, 0.25) is 5.91 Å². The van der Waals surface area contributed by atoms with Crippen LogP contribution in [-0.2, 0) is 21.9 Å². The van der Waals surface area contributed by atoms with Crippen LogP contribution in [0.25, 0.3) is 33.3 Å². The Hall–Kier alpha value is -4.84. The number of aliphatic imine (C=N–C) groups is 1. The summed E-state index contributed by atoms with van der Waals surface area (Å²) in [6.07, 6.45) is 6.00. The Bertz CT molecular complexity index is 1980. The average molecular weight is 712 g/mol. The predicted molar refractivity (Wildman–Crippen MR) is 199 cm³/mol. The van der Waals surface area contributed by atoms with Crippen LogP contribution in [0.3, 0.4) is 0 Å². The van der Waals surface area contributed by atoms with Crippen LogP contribution >= 0.6 is 0 Å². The van der Waals surface area contributed by atoms with Crippen molar-refractivity contribution in [1.29, 1.82) is 0 Å². The number of nitrogens with one attached hydrogen (secondary N) is 5. The minimum absolute atomic E-state index is 0.0335. The molecule has 1 aromatic heterocycles. The number of aromatic nitrogens is 2. The summed E-state index contributed by atoms with van der Waals surface area (Å²) < 4.78 is 36.9. The molecule has 4 aromatic rings. The number of imidazole rings is 1. The summed E-state index contributed by atoms with van der Waals surface area (Å²) in [5.74, 6) is -1.57. The van der Waals surface area contributed by atoms with Crippen LogP contribution in [0.15, 0.2) is 59.6 Å². The number of nitrogens with zero attached hydrogens (tertiary/aromatic N) is 2. The van der Waals surface area contributed by atoms with E-state index in [1.165, 1.54) is 7.11 Å². The quantitative estimate of drug-likeness (QED) is 0.0976. The normalized spacial score (nSPS) is 19.2. The highest BCUT2D eigenvalue weighted by Gasteiger charge is 2.45. The molecule has 5 N–H and O–H groups in total. The van der Waals surface area contributed by atoms with E-state index in [2.05, 4.69) is 36.0 Å². The van der Waals surface area contributed by atoms with E-state index in [0.29, 0.717) is 24.2 Å². The first-order valence-corrected chi connectivity index (χ1v) is 18.4. The number of carbonyl (C=O) groups is 2. The number of amidine groups is 1. The Balaban J connectivity index is 0.938. The molecule has 2 aliphatic heterocycles. The van der Waals surface area contributed by atoms with E-state index in [-0.39, 0.29) is 35.0 Å². The van der Waals surface area contributed by atoms with E-state index < -0.39 is 18.1 Å². The number of methoxy groups -OCH3 is 1. The second-order valence-corrected chi connectivity index (χ2v) is 14.4. The number of carbonyl (C=O) groups excluding carboxylic acids is 2. The van der Waals surface area contributed by atoms with Crippen molar-refractivity contribution < 1.29 is 23.1 Å². The molecule has 12 heteroatoms. The molecule has 1 fully saturated rings. The molecule has 10 nitrogen and oxygen atoms in total. The minimum Gasteiger partial charge on any atom is -0.453 e. The first-order chi connectivity index (χ1) is 25.1. The van der Waals surface area contributed by atoms with Gasteiger partial charge >= 0.3 is 6.09 Å². The Morgan fingerprint density at radius 3 is 2.48 bits per heavy atom. The predicted octanol–water partition coefficient (Wildman–Crippen LogP) is 6.74. The van der Waals surface area contributed by atoms with E-state index in [4.69, 9.17) is 4.98 Å². The molecule has 274 valence electrons. The third-order valence-corrected chi connectivity index (χ3v) is 10.5. The van der Waals surface area contributed by atoms with Gasteiger partial charge in [-0.3, -0.25) is 9.79 Å². The summed E-state index contributed by atoms with van der Waals surface area (Å²) in [4.78, 5) is 36.9. The maximum absolute atomic E-state index is 16.1. The van der Waals surface area contributed by atoms with Crippen LogP contribution in [0.4, 0.5) is 13.6 Å². The molecule has 0 radical (unpaired) electrons. The van der Waals surface area contributed by atoms with Crippen molar-refractivity contribution in [3.05, 3.63) is 77.1 Å². The van der Waals surface area contributed by atoms with Crippen LogP contribution in [0.2, 0.25) is 0 Å². The third kappa shape index (κ3) is 7.26. The number of fused-ring (bicyclic) bond motifs is 4. The molecule has 3 aliphatic rings. The van der Waals surface area contributed by atoms with E-state index in [0.717, 1.165) is 90.9 Å². The van der Waals surface area contributed by atoms with Crippen molar-refractivity contribution in [2.75, 3.05) is 26.7 Å². The number of alkyl carbamates (subject to hydrolysis) is 1. The number of hydrogen-bond donors (Lipinski definition) is 5. The lowest BCUT2D eigenvalue weighted by molar-refractivity contribution is -0.124. The van der Waals surface area contributed by atoms with Crippen LogP contribution in [0.1, 0.15) is 80.9 Å². The topological polar surface area (TPSA) is 133 Å². The van der Waals surface area contributed by atoms with Crippen molar-refractivity contribution in [3.63, 3.8) is 0 Å². The molecule has 1 saturated heterocycles. The van der Waals surface area contributed by atoms with Gasteiger partial charge in [0, 0.05) is 24.1 Å². The second-order valence-electron chi connectivity index (χ2n) is 14.4. The van der Waals surface area contributed by atoms with Crippen molar-refractivity contribution in [3.8, 4) is 22.3 Å². The standard InChI is InChI=1S/C40H47F2N7O3/c1-23(2)36(49-39(51)52-3)38(50)44-17-7-5-4-6-10-35-46-31-16-13-25(21-33(31)47-35)24-11-14-27-28-15-12-26(20-30(28)40(41,42)29(27)19-24)34-22-45-37(48-34)32-9-8-18-43-32/h11-16,19-21,23,32,34,36,43H,4-10,17-18,22H2,1-3H3,(H,44,50)(H,45,48)(H,46,47)(H,49,51)/t32-,34?,36-/m0/s1. The number of alkyl halides is 2. The molecule has 1 unspecified atom stereocenters. The number of aryl methyl sites for hydroxylation is 1. The van der Waals surface area contributed by atoms with Gasteiger partial charge in [0.1, 0.15) is 17.7 Å². The third-order valence-electron chi connectivity index (χ3n) is 10.5. The Kier molecular flexibility index (Phi) is 10.3. The largest absolute Gasteiger partial charge is 0.453 e. The number of amides is 2. The summed E-state index contributed by atoms with van der Waals surface area (Å²) in [6.45, 7) is 5.80. The summed E-state index contributed by atoms with van der Waals surface area (Å²) in [6, 6.07) is 16.2. The molecule has 3 heterocycles. The van der Waals surface area contributed by atoms with Crippen molar-refractivity contribution >= 4 is 28.9 Å². The van der Waals surface area contributed by atoms with E-state index in [1.807, 2.05) is 56.3 Å². The van der Waals surface area contributed by atoms with Gasteiger partial charge in [-0.25, -0.2) is 9.78 Å². The van der Waals surface area contributed by atoms with Gasteiger partial charge in [0.25, 0.3) is 5.92 Å². The number of H-pyrrole nitrogens is 1. The molecule has 0 saturated carbocycles. The minimum atomic E-state index is -3.11. The van der Waals surface area contributed by atoms with Gasteiger partial charge in [-0.2, -0.15) is 8.78 Å². The van der Waals surface area contributed by atoms with Gasteiger partial charge < -0.3 is 31.0 Å². The van der Waals surface area contributed by atoms with Crippen molar-refractivity contribution in [1.82, 2.24) is 31.2 Å². The fraction of sp³-hybridized carbons (Fsp3) is 0.450. The number of aromatic amines is 1. The highest BCUT2D eigenvalue weighted by atomic mass is 19.3. The number of hydrogen-bond acceptors (Lipinski definition) is 7. The molecule has 0 bridgehead atoms. The maximum atomic E-state index is 16.1. The van der Waals surface area contributed by atoms with E-state index in [1.54, 1.807) is 12.1 Å². The van der Waals surface area contributed by atoms with E-state index in [9.17, 15) is 9.59 Å². The highest BCUT2D eigenvalue weighted by molar-refractivity contribution is 5.90. The first-order valence-electron chi connectivity index (χ1n) is 18.4. The van der Waals surface area contributed by atoms with Gasteiger partial charge in [0.05, 0.1) is 36.8 Å². The fourth-order valence-electron chi connectivity index (χ4n) is 7.59. The molecule has 0 spiro atoms. The lowest BCUT2D eigenvalue weighted by Gasteiger charge is -2.20. The molecule has 2 amide bonds. The van der Waals surface area contributed by atoms with Gasteiger partial charge in [-0.15, -0.1) is 0 Å². The Labute approximate surface area is 302 Å². The zero-order chi connectivity index (χ0) is 36.4. The Morgan fingerprint density at radius 2 is 1.71 bits per heavy atom. The van der Waals surface area contributed by atoms with Crippen LogP contribution in [0.5, 0.6) is 0 Å². The lowest BCUT2D eigenvalue weighted by atomic mass is 9.98. The van der Waals surface area contributed by atoms with Crippen LogP contribution in [0, 0.1) is 5.92 Å². The molecule has 7 rings (SSSR count). The summed E-state index contributed by atoms with van der Waals surface area (Å²) >= 11 is 0. The molecular weight excluding hydrogens is 664 g/mol. The SMILES string of the molecule is COC(=O)N[C@H](C(=O)NCCCCCCc1nc2ccc(-c3ccc4c(c3)C(F)(F)c3cc(C5CN=C([C@@H]6CCCN6)N5)ccc3-4)cc2[nH]1)C(C)C. The zero-order valence-electron chi connectivity index (χ0n) is 30.0. The van der Waals surface area contributed by atoms with Crippen molar-refractivity contribution in [2.45, 2.75) is 82.8 Å². The second kappa shape index (κ2) is 15.0. The summed E-state index contributed by atoms with van der Waals surface area (Å²) in [7, 11) is 1.27. The summed E-state index contributed by atoms with van der Waals surface area (Å²) in [5, 5.41) is 12.4. The van der Waals surface area contributed by atoms with Gasteiger partial charge in [-0.1, -0.05) is 57.0 Å². The molecular formula is C40H47F2N7O3. The lowest BCUT2D eigenvalue weighted by Crippen LogP contribution is -2.49. The first kappa shape index (κ1) is 35.6. The number of benzene rings is 3. The van der Waals surface area contributed by atoms with Crippen LogP contribution in [-0.4, -0.2) is 66.6 Å². The number of halogens is 2. The monoisotopic (exact) mass is 711 g/mol. The maximum Gasteiger partial charge on any atom is 0.407 e. The van der Waals surface area contributed by atoms with Gasteiger partial charge in [-0.05, 0) is 90.2 Å². The van der Waals surface area contributed by atoms with Gasteiger partial charge in [0.15, 0.2) is 0 Å². The summed E-state index contributed by atoms with van der Waals surface area (Å²) in [5.41, 5.74) is 5.36. The fourth-order valence-corrected chi connectivity index (χ4v) is 7.59. The highest BCUT2D eigenvalue weighted by Crippen LogP contribution is 2.52.